The summed E-state index contributed by atoms with van der Waals surface area (Å²) in [5, 5.41) is 3.42. The minimum atomic E-state index is 0.285. The molecule has 1 atom stereocenters. The van der Waals surface area contributed by atoms with E-state index in [0.29, 0.717) is 11.5 Å². The lowest BCUT2D eigenvalue weighted by molar-refractivity contribution is -0.127. The fourth-order valence-electron chi connectivity index (χ4n) is 1.72. The van der Waals surface area contributed by atoms with Gasteiger partial charge in [0.25, 0.3) is 0 Å². The highest BCUT2D eigenvalue weighted by molar-refractivity contribution is 5.78. The lowest BCUT2D eigenvalue weighted by atomic mass is 9.97. The summed E-state index contributed by atoms with van der Waals surface area (Å²) < 4.78 is 0. The van der Waals surface area contributed by atoms with E-state index in [4.69, 9.17) is 0 Å². The van der Waals surface area contributed by atoms with E-state index in [1.807, 2.05) is 11.9 Å². The summed E-state index contributed by atoms with van der Waals surface area (Å²) >= 11 is 0. The Kier molecular flexibility index (Phi) is 3.53. The van der Waals surface area contributed by atoms with Crippen LogP contribution < -0.4 is 5.32 Å². The number of amides is 1. The van der Waals surface area contributed by atoms with E-state index in [1.54, 1.807) is 0 Å². The van der Waals surface area contributed by atoms with E-state index < -0.39 is 0 Å². The Labute approximate surface area is 86.9 Å². The molecule has 3 nitrogen and oxygen atoms in total. The largest absolute Gasteiger partial charge is 0.341 e. The van der Waals surface area contributed by atoms with Crippen LogP contribution in [0.25, 0.3) is 0 Å². The van der Waals surface area contributed by atoms with E-state index in [9.17, 15) is 4.79 Å². The highest BCUT2D eigenvalue weighted by atomic mass is 16.2. The van der Waals surface area contributed by atoms with Crippen molar-refractivity contribution in [2.45, 2.75) is 39.7 Å². The monoisotopic (exact) mass is 198 g/mol. The number of nitrogens with one attached hydrogen (secondary N) is 1. The van der Waals surface area contributed by atoms with Crippen molar-refractivity contribution < 1.29 is 4.79 Å². The Balaban J connectivity index is 2.23. The number of hydrogen-bond donors (Lipinski definition) is 1. The van der Waals surface area contributed by atoms with Crippen molar-refractivity contribution in [3.05, 3.63) is 0 Å². The number of nitrogens with zero attached hydrogens (tertiary/aromatic N) is 1. The van der Waals surface area contributed by atoms with Crippen molar-refractivity contribution >= 4 is 5.91 Å². The minimum absolute atomic E-state index is 0.285. The van der Waals surface area contributed by atoms with E-state index in [0.717, 1.165) is 25.9 Å². The van der Waals surface area contributed by atoms with Crippen molar-refractivity contribution in [1.82, 2.24) is 10.2 Å². The van der Waals surface area contributed by atoms with Gasteiger partial charge in [0.2, 0.25) is 5.91 Å². The van der Waals surface area contributed by atoms with Crippen LogP contribution in [0, 0.1) is 5.41 Å². The Bertz CT molecular complexity index is 208. The van der Waals surface area contributed by atoms with Crippen LogP contribution in [-0.2, 0) is 4.79 Å². The summed E-state index contributed by atoms with van der Waals surface area (Å²) in [6, 6.07) is 0.407. The molecule has 0 aromatic heterocycles. The molecule has 1 saturated heterocycles. The van der Waals surface area contributed by atoms with Crippen molar-refractivity contribution in [3.8, 4) is 0 Å². The van der Waals surface area contributed by atoms with Gasteiger partial charge in [-0.25, -0.2) is 0 Å². The molecule has 0 aromatic rings. The van der Waals surface area contributed by atoms with Crippen LogP contribution in [0.1, 0.15) is 33.6 Å². The second kappa shape index (κ2) is 4.30. The molecule has 1 aliphatic rings. The van der Waals surface area contributed by atoms with Gasteiger partial charge in [0.1, 0.15) is 0 Å². The average molecular weight is 198 g/mol. The molecule has 1 aliphatic heterocycles. The molecule has 1 amide bonds. The molecule has 0 spiro atoms. The van der Waals surface area contributed by atoms with Crippen LogP contribution in [0.5, 0.6) is 0 Å². The topological polar surface area (TPSA) is 32.3 Å². The third-order valence-electron chi connectivity index (χ3n) is 2.67. The average Bonchev–Trinajstić information content (AvgIpc) is 2.33. The highest BCUT2D eigenvalue weighted by Gasteiger charge is 2.27. The van der Waals surface area contributed by atoms with Crippen molar-refractivity contribution in [3.63, 3.8) is 0 Å². The zero-order valence-electron chi connectivity index (χ0n) is 9.76. The lowest BCUT2D eigenvalue weighted by Crippen LogP contribution is -2.39. The van der Waals surface area contributed by atoms with Crippen molar-refractivity contribution in [2.75, 3.05) is 20.1 Å². The molecule has 3 heteroatoms. The summed E-state index contributed by atoms with van der Waals surface area (Å²) in [5.74, 6) is 0.285. The van der Waals surface area contributed by atoms with Crippen LogP contribution in [-0.4, -0.2) is 37.0 Å². The Morgan fingerprint density at radius 2 is 2.14 bits per heavy atom. The van der Waals surface area contributed by atoms with E-state index in [1.165, 1.54) is 0 Å². The number of carbonyl (C=O) groups excluding carboxylic acids is 1. The van der Waals surface area contributed by atoms with Gasteiger partial charge in [-0.05, 0) is 11.8 Å². The van der Waals surface area contributed by atoms with Crippen LogP contribution in [0.3, 0.4) is 0 Å². The number of hydrogen-bond acceptors (Lipinski definition) is 2. The van der Waals surface area contributed by atoms with E-state index in [-0.39, 0.29) is 5.91 Å². The number of likely N-dealkylation sites (N-methyl/N-ethyl adjacent to an activating group) is 1. The highest BCUT2D eigenvalue weighted by Crippen LogP contribution is 2.16. The molecule has 0 unspecified atom stereocenters. The fourth-order valence-corrected chi connectivity index (χ4v) is 1.72. The predicted octanol–water partition coefficient (Wildman–Crippen LogP) is 1.24. The number of likely N-dealkylation sites (tertiary alicyclic amines) is 1. The van der Waals surface area contributed by atoms with Gasteiger partial charge in [0, 0.05) is 32.6 Å². The summed E-state index contributed by atoms with van der Waals surface area (Å²) in [7, 11) is 1.90. The molecule has 0 radical (unpaired) electrons. The van der Waals surface area contributed by atoms with Gasteiger partial charge >= 0.3 is 0 Å². The quantitative estimate of drug-likeness (QED) is 0.740. The first-order chi connectivity index (χ1) is 6.40. The normalized spacial score (nSPS) is 23.3. The first kappa shape index (κ1) is 11.5. The number of carbonyl (C=O) groups is 1. The van der Waals surface area contributed by atoms with E-state index >= 15 is 0 Å². The van der Waals surface area contributed by atoms with Crippen LogP contribution in [0.2, 0.25) is 0 Å². The van der Waals surface area contributed by atoms with Crippen LogP contribution in [0.15, 0.2) is 0 Å². The van der Waals surface area contributed by atoms with Gasteiger partial charge in [-0.15, -0.1) is 0 Å². The molecule has 1 heterocycles. The maximum absolute atomic E-state index is 11.2. The molecule has 1 rings (SSSR count). The fraction of sp³-hybridized carbons (Fsp3) is 0.909. The Morgan fingerprint density at radius 3 is 2.57 bits per heavy atom. The minimum Gasteiger partial charge on any atom is -0.341 e. The molecule has 14 heavy (non-hydrogen) atoms. The van der Waals surface area contributed by atoms with Crippen molar-refractivity contribution in [2.24, 2.45) is 5.41 Å². The van der Waals surface area contributed by atoms with Crippen molar-refractivity contribution in [1.29, 1.82) is 0 Å². The molecule has 0 aromatic carbocycles. The zero-order valence-corrected chi connectivity index (χ0v) is 9.76. The third kappa shape index (κ3) is 3.29. The van der Waals surface area contributed by atoms with Crippen LogP contribution in [0.4, 0.5) is 0 Å². The molecule has 1 fully saturated rings. The first-order valence-electron chi connectivity index (χ1n) is 5.36. The maximum atomic E-state index is 11.2. The SMILES string of the molecule is CN1C(=O)CC[C@H]1CNCC(C)(C)C. The van der Waals surface area contributed by atoms with Gasteiger partial charge < -0.3 is 10.2 Å². The Hall–Kier alpha value is -0.570. The Morgan fingerprint density at radius 1 is 1.50 bits per heavy atom. The molecular formula is C11H22N2O. The van der Waals surface area contributed by atoms with E-state index in [2.05, 4.69) is 26.1 Å². The smallest absolute Gasteiger partial charge is 0.222 e. The second-order valence-electron chi connectivity index (χ2n) is 5.39. The molecule has 0 bridgehead atoms. The molecule has 0 aliphatic carbocycles. The van der Waals surface area contributed by atoms with Gasteiger partial charge in [-0.3, -0.25) is 4.79 Å². The summed E-state index contributed by atoms with van der Waals surface area (Å²) in [6.45, 7) is 8.57. The molecule has 82 valence electrons. The predicted molar refractivity (Wildman–Crippen MR) is 58.1 cm³/mol. The number of rotatable bonds is 3. The second-order valence-corrected chi connectivity index (χ2v) is 5.39. The van der Waals surface area contributed by atoms with Gasteiger partial charge in [-0.1, -0.05) is 20.8 Å². The van der Waals surface area contributed by atoms with Gasteiger partial charge in [-0.2, -0.15) is 0 Å². The third-order valence-corrected chi connectivity index (χ3v) is 2.67. The van der Waals surface area contributed by atoms with Gasteiger partial charge in [0.15, 0.2) is 0 Å². The molecular weight excluding hydrogens is 176 g/mol. The first-order valence-corrected chi connectivity index (χ1v) is 5.36. The summed E-state index contributed by atoms with van der Waals surface area (Å²) in [5.41, 5.74) is 0.321. The standard InChI is InChI=1S/C11H22N2O/c1-11(2,3)8-12-7-9-5-6-10(14)13(9)4/h9,12H,5-8H2,1-4H3/t9-/m0/s1. The maximum Gasteiger partial charge on any atom is 0.222 e. The van der Waals surface area contributed by atoms with Crippen LogP contribution >= 0.6 is 0 Å². The lowest BCUT2D eigenvalue weighted by Gasteiger charge is -2.24. The molecule has 1 N–H and O–H groups in total. The molecule has 0 saturated carbocycles. The summed E-state index contributed by atoms with van der Waals surface area (Å²) in [6.07, 6.45) is 1.73. The van der Waals surface area contributed by atoms with Gasteiger partial charge in [0.05, 0.1) is 0 Å². The zero-order chi connectivity index (χ0) is 10.8. The summed E-state index contributed by atoms with van der Waals surface area (Å²) in [4.78, 5) is 13.1.